The Labute approximate surface area is 70.9 Å². The van der Waals surface area contributed by atoms with Crippen LogP contribution in [-0.4, -0.2) is 28.1 Å². The quantitative estimate of drug-likeness (QED) is 0.470. The van der Waals surface area contributed by atoms with Gasteiger partial charge in [0.1, 0.15) is 0 Å². The minimum atomic E-state index is -0.179. The Kier molecular flexibility index (Phi) is 4.11. The third-order valence-electron chi connectivity index (χ3n) is 2.41. The number of hydrogen-bond acceptors (Lipinski definition) is 2. The van der Waals surface area contributed by atoms with Crippen LogP contribution in [-0.2, 0) is 4.43 Å². The average Bonchev–Trinajstić information content (AvgIpc) is 2.70. The van der Waals surface area contributed by atoms with E-state index in [2.05, 4.69) is 6.55 Å². The van der Waals surface area contributed by atoms with Crippen molar-refractivity contribution in [2.45, 2.75) is 25.8 Å². The van der Waals surface area contributed by atoms with Gasteiger partial charge in [0.05, 0.1) is 0 Å². The van der Waals surface area contributed by atoms with Crippen LogP contribution in [0, 0.1) is 11.8 Å². The fourth-order valence-corrected chi connectivity index (χ4v) is 2.02. The van der Waals surface area contributed by atoms with Gasteiger partial charge in [0.15, 0.2) is 9.76 Å². The lowest BCUT2D eigenvalue weighted by molar-refractivity contribution is 0.271. The van der Waals surface area contributed by atoms with E-state index in [9.17, 15) is 0 Å². The van der Waals surface area contributed by atoms with Crippen molar-refractivity contribution in [2.24, 2.45) is 11.8 Å². The lowest BCUT2D eigenvalue weighted by Crippen LogP contribution is -1.98. The predicted octanol–water partition coefficient (Wildman–Crippen LogP) is 0.543. The topological polar surface area (TPSA) is 29.5 Å². The van der Waals surface area contributed by atoms with E-state index in [1.165, 1.54) is 12.8 Å². The molecule has 0 aromatic carbocycles. The zero-order valence-corrected chi connectivity index (χ0v) is 8.67. The van der Waals surface area contributed by atoms with E-state index in [4.69, 9.17) is 9.53 Å². The van der Waals surface area contributed by atoms with Gasteiger partial charge >= 0.3 is 0 Å². The van der Waals surface area contributed by atoms with Crippen LogP contribution in [0.4, 0.5) is 0 Å². The molecule has 1 fully saturated rings. The van der Waals surface area contributed by atoms with Gasteiger partial charge in [-0.05, 0) is 31.1 Å². The molecular weight excluding hydrogens is 156 g/mol. The van der Waals surface area contributed by atoms with Gasteiger partial charge in [-0.15, -0.1) is 0 Å². The second-order valence-electron chi connectivity index (χ2n) is 3.25. The van der Waals surface area contributed by atoms with Gasteiger partial charge < -0.3 is 9.53 Å². The van der Waals surface area contributed by atoms with Crippen LogP contribution in [0.3, 0.4) is 0 Å². The third-order valence-corrected chi connectivity index (χ3v) is 3.10. The standard InChI is InChI=1S/C8H18O2Si/c1-11-10-5-3-8-6-7(8)2-4-9/h7-9H,2-6,11H2,1H3/t7-,8-/m1/s1. The van der Waals surface area contributed by atoms with E-state index in [0.29, 0.717) is 6.61 Å². The monoisotopic (exact) mass is 174 g/mol. The molecule has 66 valence electrons. The summed E-state index contributed by atoms with van der Waals surface area (Å²) in [7, 11) is -0.179. The van der Waals surface area contributed by atoms with Crippen molar-refractivity contribution in [3.63, 3.8) is 0 Å². The van der Waals surface area contributed by atoms with E-state index < -0.39 is 0 Å². The van der Waals surface area contributed by atoms with Gasteiger partial charge in [0.25, 0.3) is 0 Å². The van der Waals surface area contributed by atoms with Crippen LogP contribution >= 0.6 is 0 Å². The van der Waals surface area contributed by atoms with Gasteiger partial charge in [-0.3, -0.25) is 0 Å². The highest BCUT2D eigenvalue weighted by Gasteiger charge is 2.35. The smallest absolute Gasteiger partial charge is 0.158 e. The molecule has 11 heavy (non-hydrogen) atoms. The highest BCUT2D eigenvalue weighted by Crippen LogP contribution is 2.43. The zero-order valence-electron chi connectivity index (χ0n) is 7.25. The molecule has 0 unspecified atom stereocenters. The maximum Gasteiger partial charge on any atom is 0.158 e. The number of hydrogen-bond donors (Lipinski definition) is 1. The van der Waals surface area contributed by atoms with Gasteiger partial charge in [0, 0.05) is 13.2 Å². The molecule has 1 saturated carbocycles. The molecular formula is C8H18O2Si. The molecule has 2 atom stereocenters. The molecule has 0 aromatic heterocycles. The molecule has 1 N–H and O–H groups in total. The molecule has 0 heterocycles. The normalized spacial score (nSPS) is 30.0. The van der Waals surface area contributed by atoms with Crippen LogP contribution in [0.1, 0.15) is 19.3 Å². The molecule has 1 aliphatic rings. The fraction of sp³-hybridized carbons (Fsp3) is 1.00. The molecule has 0 spiro atoms. The zero-order chi connectivity index (χ0) is 8.10. The molecule has 1 rings (SSSR count). The van der Waals surface area contributed by atoms with Crippen molar-refractivity contribution in [1.82, 2.24) is 0 Å². The Bertz CT molecular complexity index is 108. The van der Waals surface area contributed by atoms with E-state index in [1.54, 1.807) is 0 Å². The second-order valence-corrected chi connectivity index (χ2v) is 4.24. The largest absolute Gasteiger partial charge is 0.424 e. The van der Waals surface area contributed by atoms with Crippen LogP contribution in [0.15, 0.2) is 0 Å². The molecule has 0 bridgehead atoms. The summed E-state index contributed by atoms with van der Waals surface area (Å²) >= 11 is 0. The summed E-state index contributed by atoms with van der Waals surface area (Å²) in [5.74, 6) is 1.70. The van der Waals surface area contributed by atoms with Crippen molar-refractivity contribution in [2.75, 3.05) is 13.2 Å². The molecule has 0 aliphatic heterocycles. The average molecular weight is 174 g/mol. The summed E-state index contributed by atoms with van der Waals surface area (Å²) in [6.07, 6.45) is 3.56. The van der Waals surface area contributed by atoms with Crippen molar-refractivity contribution >= 4 is 9.76 Å². The van der Waals surface area contributed by atoms with E-state index in [1.807, 2.05) is 0 Å². The molecule has 1 aliphatic carbocycles. The van der Waals surface area contributed by atoms with Gasteiger partial charge in [-0.2, -0.15) is 0 Å². The summed E-state index contributed by atoms with van der Waals surface area (Å²) in [6.45, 7) is 3.50. The van der Waals surface area contributed by atoms with Crippen molar-refractivity contribution < 1.29 is 9.53 Å². The molecule has 0 saturated heterocycles. The van der Waals surface area contributed by atoms with Gasteiger partial charge in [-0.1, -0.05) is 6.55 Å². The van der Waals surface area contributed by atoms with E-state index >= 15 is 0 Å². The summed E-state index contributed by atoms with van der Waals surface area (Å²) < 4.78 is 5.39. The summed E-state index contributed by atoms with van der Waals surface area (Å²) in [5.41, 5.74) is 0. The maximum absolute atomic E-state index is 8.64. The molecule has 0 amide bonds. The Balaban J connectivity index is 1.87. The van der Waals surface area contributed by atoms with Crippen LogP contribution in [0.2, 0.25) is 6.55 Å². The van der Waals surface area contributed by atoms with Crippen LogP contribution < -0.4 is 0 Å². The molecule has 2 nitrogen and oxygen atoms in total. The molecule has 0 aromatic rings. The predicted molar refractivity (Wildman–Crippen MR) is 48.3 cm³/mol. The first kappa shape index (κ1) is 9.23. The van der Waals surface area contributed by atoms with Crippen molar-refractivity contribution in [3.05, 3.63) is 0 Å². The third kappa shape index (κ3) is 3.36. The second kappa shape index (κ2) is 4.90. The van der Waals surface area contributed by atoms with Crippen LogP contribution in [0.25, 0.3) is 0 Å². The van der Waals surface area contributed by atoms with Crippen LogP contribution in [0.5, 0.6) is 0 Å². The van der Waals surface area contributed by atoms with Gasteiger partial charge in [-0.25, -0.2) is 0 Å². The lowest BCUT2D eigenvalue weighted by atomic mass is 10.2. The first-order chi connectivity index (χ1) is 5.38. The number of rotatable bonds is 6. The number of aliphatic hydroxyl groups excluding tert-OH is 1. The Hall–Kier alpha value is 0.137. The maximum atomic E-state index is 8.64. The van der Waals surface area contributed by atoms with E-state index in [0.717, 1.165) is 24.9 Å². The van der Waals surface area contributed by atoms with E-state index in [-0.39, 0.29) is 9.76 Å². The lowest BCUT2D eigenvalue weighted by Gasteiger charge is -1.99. The fourth-order valence-electron chi connectivity index (χ4n) is 1.56. The number of aliphatic hydroxyl groups is 1. The minimum absolute atomic E-state index is 0.179. The Morgan fingerprint density at radius 2 is 2.18 bits per heavy atom. The molecule has 0 radical (unpaired) electrons. The van der Waals surface area contributed by atoms with Crippen molar-refractivity contribution in [3.8, 4) is 0 Å². The first-order valence-electron chi connectivity index (χ1n) is 4.57. The summed E-state index contributed by atoms with van der Waals surface area (Å²) in [6, 6.07) is 0. The first-order valence-corrected chi connectivity index (χ1v) is 6.56. The minimum Gasteiger partial charge on any atom is -0.424 e. The summed E-state index contributed by atoms with van der Waals surface area (Å²) in [5, 5.41) is 8.64. The SMILES string of the molecule is C[SiH2]OCC[C@@H]1C[C@H]1CCO. The Morgan fingerprint density at radius 3 is 2.82 bits per heavy atom. The van der Waals surface area contributed by atoms with Crippen molar-refractivity contribution in [1.29, 1.82) is 0 Å². The van der Waals surface area contributed by atoms with Gasteiger partial charge in [0.2, 0.25) is 0 Å². The summed E-state index contributed by atoms with van der Waals surface area (Å²) in [4.78, 5) is 0. The highest BCUT2D eigenvalue weighted by atomic mass is 28.2. The molecule has 3 heteroatoms. The Morgan fingerprint density at radius 1 is 1.45 bits per heavy atom. The highest BCUT2D eigenvalue weighted by molar-refractivity contribution is 6.24.